The van der Waals surface area contributed by atoms with Crippen molar-refractivity contribution < 1.29 is 4.79 Å². The van der Waals surface area contributed by atoms with Crippen LogP contribution in [0.25, 0.3) is 0 Å². The van der Waals surface area contributed by atoms with Crippen LogP contribution in [0.5, 0.6) is 0 Å². The molecule has 2 fully saturated rings. The van der Waals surface area contributed by atoms with Gasteiger partial charge in [0.05, 0.1) is 6.04 Å². The maximum Gasteiger partial charge on any atom is 0.239 e. The minimum absolute atomic E-state index is 0.0628. The number of amides is 1. The highest BCUT2D eigenvalue weighted by Gasteiger charge is 2.28. The van der Waals surface area contributed by atoms with Gasteiger partial charge in [0.15, 0.2) is 0 Å². The van der Waals surface area contributed by atoms with Crippen LogP contribution in [0.1, 0.15) is 18.4 Å². The van der Waals surface area contributed by atoms with Crippen LogP contribution in [0, 0.1) is 0 Å². The number of hydrogen-bond donors (Lipinski definition) is 1. The van der Waals surface area contributed by atoms with Crippen LogP contribution in [0.15, 0.2) is 24.3 Å². The SMILES string of the molecule is O=C(C1CCCN1)N1CCN(Cc2ccc(Cl)cc2)CC1. The smallest absolute Gasteiger partial charge is 0.239 e. The Kier molecular flexibility index (Phi) is 4.78. The van der Waals surface area contributed by atoms with E-state index in [-0.39, 0.29) is 6.04 Å². The van der Waals surface area contributed by atoms with Crippen molar-refractivity contribution in [1.82, 2.24) is 15.1 Å². The average molecular weight is 308 g/mol. The first-order valence-electron chi connectivity index (χ1n) is 7.71. The quantitative estimate of drug-likeness (QED) is 0.924. The molecule has 0 aliphatic carbocycles. The van der Waals surface area contributed by atoms with Gasteiger partial charge in [0.25, 0.3) is 0 Å². The third kappa shape index (κ3) is 3.76. The summed E-state index contributed by atoms with van der Waals surface area (Å²) in [5.74, 6) is 0.290. The van der Waals surface area contributed by atoms with Crippen LogP contribution < -0.4 is 5.32 Å². The van der Waals surface area contributed by atoms with Crippen molar-refractivity contribution in [2.45, 2.75) is 25.4 Å². The van der Waals surface area contributed by atoms with Gasteiger partial charge in [-0.15, -0.1) is 0 Å². The lowest BCUT2D eigenvalue weighted by atomic mass is 10.1. The van der Waals surface area contributed by atoms with Crippen LogP contribution in [-0.4, -0.2) is 54.5 Å². The van der Waals surface area contributed by atoms with Gasteiger partial charge in [-0.25, -0.2) is 0 Å². The zero-order chi connectivity index (χ0) is 14.7. The van der Waals surface area contributed by atoms with Gasteiger partial charge >= 0.3 is 0 Å². The van der Waals surface area contributed by atoms with E-state index < -0.39 is 0 Å². The molecule has 1 aromatic carbocycles. The number of halogens is 1. The van der Waals surface area contributed by atoms with Crippen molar-refractivity contribution in [2.75, 3.05) is 32.7 Å². The summed E-state index contributed by atoms with van der Waals surface area (Å²) in [6.45, 7) is 5.48. The summed E-state index contributed by atoms with van der Waals surface area (Å²) >= 11 is 5.91. The molecule has 0 saturated carbocycles. The number of hydrogen-bond acceptors (Lipinski definition) is 3. The van der Waals surface area contributed by atoms with Gasteiger partial charge in [0, 0.05) is 37.7 Å². The molecule has 5 heteroatoms. The topological polar surface area (TPSA) is 35.6 Å². The fraction of sp³-hybridized carbons (Fsp3) is 0.562. The van der Waals surface area contributed by atoms with E-state index in [1.54, 1.807) is 0 Å². The molecule has 1 atom stereocenters. The van der Waals surface area contributed by atoms with Gasteiger partial charge in [0.1, 0.15) is 0 Å². The highest BCUT2D eigenvalue weighted by Crippen LogP contribution is 2.14. The second-order valence-corrected chi connectivity index (χ2v) is 6.31. The number of rotatable bonds is 3. The molecule has 0 radical (unpaired) electrons. The van der Waals surface area contributed by atoms with E-state index in [1.165, 1.54) is 5.56 Å². The first kappa shape index (κ1) is 14.8. The van der Waals surface area contributed by atoms with E-state index in [0.717, 1.165) is 57.1 Å². The number of piperazine rings is 1. The lowest BCUT2D eigenvalue weighted by molar-refractivity contribution is -0.134. The van der Waals surface area contributed by atoms with Gasteiger partial charge in [-0.2, -0.15) is 0 Å². The van der Waals surface area contributed by atoms with E-state index in [2.05, 4.69) is 22.3 Å². The predicted octanol–water partition coefficient (Wildman–Crippen LogP) is 1.74. The second kappa shape index (κ2) is 6.77. The van der Waals surface area contributed by atoms with Gasteiger partial charge in [-0.05, 0) is 37.1 Å². The van der Waals surface area contributed by atoms with Crippen molar-refractivity contribution in [3.63, 3.8) is 0 Å². The Hall–Kier alpha value is -1.10. The largest absolute Gasteiger partial charge is 0.339 e. The van der Waals surface area contributed by atoms with Crippen LogP contribution in [0.4, 0.5) is 0 Å². The Morgan fingerprint density at radius 1 is 1.19 bits per heavy atom. The Balaban J connectivity index is 1.48. The van der Waals surface area contributed by atoms with Gasteiger partial charge in [0.2, 0.25) is 5.91 Å². The molecule has 0 aromatic heterocycles. The molecule has 1 unspecified atom stereocenters. The van der Waals surface area contributed by atoms with E-state index in [9.17, 15) is 4.79 Å². The lowest BCUT2D eigenvalue weighted by Gasteiger charge is -2.36. The molecule has 2 aliphatic rings. The maximum absolute atomic E-state index is 12.3. The van der Waals surface area contributed by atoms with E-state index >= 15 is 0 Å². The third-order valence-electron chi connectivity index (χ3n) is 4.36. The van der Waals surface area contributed by atoms with Crippen LogP contribution >= 0.6 is 11.6 Å². The average Bonchev–Trinajstić information content (AvgIpc) is 3.04. The number of carbonyl (C=O) groups is 1. The fourth-order valence-electron chi connectivity index (χ4n) is 3.09. The van der Waals surface area contributed by atoms with Crippen molar-refractivity contribution in [2.24, 2.45) is 0 Å². The summed E-state index contributed by atoms with van der Waals surface area (Å²) in [4.78, 5) is 16.7. The molecule has 0 bridgehead atoms. The van der Waals surface area contributed by atoms with Gasteiger partial charge in [-0.3, -0.25) is 9.69 Å². The molecule has 1 N–H and O–H groups in total. The Labute approximate surface area is 131 Å². The predicted molar refractivity (Wildman–Crippen MR) is 84.3 cm³/mol. The Bertz CT molecular complexity index is 477. The van der Waals surface area contributed by atoms with E-state index in [4.69, 9.17) is 11.6 Å². The van der Waals surface area contributed by atoms with Crippen molar-refractivity contribution in [1.29, 1.82) is 0 Å². The highest BCUT2D eigenvalue weighted by molar-refractivity contribution is 6.30. The third-order valence-corrected chi connectivity index (χ3v) is 4.61. The van der Waals surface area contributed by atoms with Crippen molar-refractivity contribution >= 4 is 17.5 Å². The Morgan fingerprint density at radius 2 is 1.90 bits per heavy atom. The molecule has 3 rings (SSSR count). The lowest BCUT2D eigenvalue weighted by Crippen LogP contribution is -2.52. The normalized spacial score (nSPS) is 23.5. The molecular weight excluding hydrogens is 286 g/mol. The number of benzene rings is 1. The minimum atomic E-state index is 0.0628. The number of nitrogens with zero attached hydrogens (tertiary/aromatic N) is 2. The summed E-state index contributed by atoms with van der Waals surface area (Å²) in [5, 5.41) is 4.07. The van der Waals surface area contributed by atoms with Crippen LogP contribution in [0.2, 0.25) is 5.02 Å². The first-order valence-corrected chi connectivity index (χ1v) is 8.09. The zero-order valence-electron chi connectivity index (χ0n) is 12.2. The first-order chi connectivity index (χ1) is 10.2. The summed E-state index contributed by atoms with van der Waals surface area (Å²) in [7, 11) is 0. The van der Waals surface area contributed by atoms with Crippen molar-refractivity contribution in [3.05, 3.63) is 34.9 Å². The van der Waals surface area contributed by atoms with Gasteiger partial charge in [-0.1, -0.05) is 23.7 Å². The zero-order valence-corrected chi connectivity index (χ0v) is 13.0. The summed E-state index contributed by atoms with van der Waals surface area (Å²) in [5.41, 5.74) is 1.27. The summed E-state index contributed by atoms with van der Waals surface area (Å²) < 4.78 is 0. The monoisotopic (exact) mass is 307 g/mol. The Morgan fingerprint density at radius 3 is 2.52 bits per heavy atom. The van der Waals surface area contributed by atoms with E-state index in [0.29, 0.717) is 5.91 Å². The molecule has 21 heavy (non-hydrogen) atoms. The second-order valence-electron chi connectivity index (χ2n) is 5.88. The molecule has 1 amide bonds. The minimum Gasteiger partial charge on any atom is -0.339 e. The van der Waals surface area contributed by atoms with Gasteiger partial charge < -0.3 is 10.2 Å². The molecule has 2 heterocycles. The fourth-order valence-corrected chi connectivity index (χ4v) is 3.22. The molecule has 4 nitrogen and oxygen atoms in total. The molecule has 2 saturated heterocycles. The standard InChI is InChI=1S/C16H22ClN3O/c17-14-5-3-13(4-6-14)12-19-8-10-20(11-9-19)16(21)15-2-1-7-18-15/h3-6,15,18H,1-2,7-12H2. The van der Waals surface area contributed by atoms with Crippen molar-refractivity contribution in [3.8, 4) is 0 Å². The molecule has 0 spiro atoms. The van der Waals surface area contributed by atoms with E-state index in [1.807, 2.05) is 17.0 Å². The summed E-state index contributed by atoms with van der Waals surface area (Å²) in [6.07, 6.45) is 2.11. The van der Waals surface area contributed by atoms with Crippen LogP contribution in [-0.2, 0) is 11.3 Å². The maximum atomic E-state index is 12.3. The molecule has 1 aromatic rings. The summed E-state index contributed by atoms with van der Waals surface area (Å²) in [6, 6.07) is 8.07. The van der Waals surface area contributed by atoms with Crippen LogP contribution in [0.3, 0.4) is 0 Å². The molecule has 114 valence electrons. The molecule has 2 aliphatic heterocycles. The molecular formula is C16H22ClN3O. The number of carbonyl (C=O) groups excluding carboxylic acids is 1. The highest BCUT2D eigenvalue weighted by atomic mass is 35.5. The number of nitrogens with one attached hydrogen (secondary N) is 1.